The molecule has 3 aromatic rings. The Hall–Kier alpha value is -2.80. The highest BCUT2D eigenvalue weighted by atomic mass is 32.1. The molecule has 0 aliphatic carbocycles. The lowest BCUT2D eigenvalue weighted by molar-refractivity contribution is -0.120. The molecule has 6 nitrogen and oxygen atoms in total. The van der Waals surface area contributed by atoms with Gasteiger partial charge in [-0.3, -0.25) is 4.79 Å². The zero-order chi connectivity index (χ0) is 18.1. The monoisotopic (exact) mass is 370 g/mol. The summed E-state index contributed by atoms with van der Waals surface area (Å²) in [5, 5.41) is 0. The fourth-order valence-electron chi connectivity index (χ4n) is 2.77. The molecule has 0 atom stereocenters. The molecule has 0 fully saturated rings. The highest BCUT2D eigenvalue weighted by Gasteiger charge is 2.17. The number of rotatable bonds is 4. The van der Waals surface area contributed by atoms with Gasteiger partial charge in [-0.2, -0.15) is 4.99 Å². The van der Waals surface area contributed by atoms with Crippen molar-refractivity contribution in [3.63, 3.8) is 0 Å². The van der Waals surface area contributed by atoms with Crippen LogP contribution in [0.4, 0.5) is 0 Å². The lowest BCUT2D eigenvalue weighted by Crippen LogP contribution is -2.18. The van der Waals surface area contributed by atoms with Crippen LogP contribution in [0.15, 0.2) is 41.4 Å². The highest BCUT2D eigenvalue weighted by Crippen LogP contribution is 2.36. The average molecular weight is 370 g/mol. The largest absolute Gasteiger partial charge is 0.484 e. The van der Waals surface area contributed by atoms with Crippen LogP contribution in [-0.2, 0) is 11.3 Å². The maximum Gasteiger partial charge on any atom is 0.286 e. The van der Waals surface area contributed by atoms with Crippen LogP contribution in [0.2, 0.25) is 0 Å². The van der Waals surface area contributed by atoms with Gasteiger partial charge >= 0.3 is 0 Å². The summed E-state index contributed by atoms with van der Waals surface area (Å²) in [6.45, 7) is 4.86. The van der Waals surface area contributed by atoms with Crippen LogP contribution in [0.5, 0.6) is 17.2 Å². The summed E-state index contributed by atoms with van der Waals surface area (Å²) < 4.78 is 19.4. The first-order chi connectivity index (χ1) is 12.6. The summed E-state index contributed by atoms with van der Waals surface area (Å²) in [5.74, 6) is 1.78. The number of hydrogen-bond donors (Lipinski definition) is 0. The van der Waals surface area contributed by atoms with Gasteiger partial charge in [-0.25, -0.2) is 0 Å². The molecular formula is C19H18N2O4S. The Bertz CT molecular complexity index is 1030. The van der Waals surface area contributed by atoms with Crippen molar-refractivity contribution in [1.82, 2.24) is 4.57 Å². The normalized spacial score (nSPS) is 13.4. The minimum Gasteiger partial charge on any atom is -0.484 e. The third-order valence-electron chi connectivity index (χ3n) is 4.10. The van der Waals surface area contributed by atoms with E-state index in [4.69, 9.17) is 14.2 Å². The van der Waals surface area contributed by atoms with Crippen LogP contribution in [-0.4, -0.2) is 23.9 Å². The molecule has 0 saturated carbocycles. The molecule has 1 aromatic heterocycles. The number of hydrogen-bond acceptors (Lipinski definition) is 5. The van der Waals surface area contributed by atoms with Gasteiger partial charge < -0.3 is 18.8 Å². The van der Waals surface area contributed by atoms with Crippen molar-refractivity contribution in [1.29, 1.82) is 0 Å². The van der Waals surface area contributed by atoms with E-state index in [9.17, 15) is 4.79 Å². The Morgan fingerprint density at radius 2 is 1.96 bits per heavy atom. The first-order valence-corrected chi connectivity index (χ1v) is 9.15. The maximum absolute atomic E-state index is 12.3. The van der Waals surface area contributed by atoms with Crippen molar-refractivity contribution in [3.8, 4) is 17.2 Å². The van der Waals surface area contributed by atoms with E-state index in [0.29, 0.717) is 17.1 Å². The van der Waals surface area contributed by atoms with E-state index in [1.165, 1.54) is 11.3 Å². The molecule has 0 spiro atoms. The van der Waals surface area contributed by atoms with Crippen molar-refractivity contribution >= 4 is 27.5 Å². The van der Waals surface area contributed by atoms with Crippen molar-refractivity contribution < 1.29 is 19.0 Å². The first-order valence-electron chi connectivity index (χ1n) is 8.34. The van der Waals surface area contributed by atoms with Gasteiger partial charge in [-0.15, -0.1) is 0 Å². The molecule has 7 heteroatoms. The second-order valence-electron chi connectivity index (χ2n) is 5.91. The number of carbonyl (C=O) groups is 1. The second kappa shape index (κ2) is 6.84. The van der Waals surface area contributed by atoms with E-state index in [-0.39, 0.29) is 19.3 Å². The Kier molecular flexibility index (Phi) is 4.38. The molecule has 26 heavy (non-hydrogen) atoms. The number of ether oxygens (including phenoxy) is 3. The molecule has 4 rings (SSSR count). The van der Waals surface area contributed by atoms with E-state index in [2.05, 4.69) is 4.99 Å². The molecule has 0 unspecified atom stereocenters. The van der Waals surface area contributed by atoms with Gasteiger partial charge in [0.15, 0.2) is 22.9 Å². The molecule has 2 heterocycles. The Morgan fingerprint density at radius 1 is 1.23 bits per heavy atom. The zero-order valence-corrected chi connectivity index (χ0v) is 15.3. The summed E-state index contributed by atoms with van der Waals surface area (Å²) >= 11 is 1.45. The fraction of sp³-hybridized carbons (Fsp3) is 0.263. The van der Waals surface area contributed by atoms with E-state index in [0.717, 1.165) is 27.3 Å². The third-order valence-corrected chi connectivity index (χ3v) is 5.14. The first kappa shape index (κ1) is 16.7. The van der Waals surface area contributed by atoms with E-state index in [1.807, 2.05) is 54.8 Å². The number of nitrogens with zero attached hydrogens (tertiary/aromatic N) is 2. The number of aromatic nitrogens is 1. The van der Waals surface area contributed by atoms with E-state index >= 15 is 0 Å². The smallest absolute Gasteiger partial charge is 0.286 e. The van der Waals surface area contributed by atoms with Crippen LogP contribution in [0, 0.1) is 6.92 Å². The van der Waals surface area contributed by atoms with Gasteiger partial charge in [-0.05, 0) is 26.0 Å². The standard InChI is InChI=1S/C19H18N2O4S/c1-3-21-14-8-15-16(25-11-24-15)9-17(14)26-19(21)20-18(22)10-23-13-6-4-12(2)5-7-13/h4-9H,3,10-11H2,1-2H3. The molecule has 1 aliphatic rings. The van der Waals surface area contributed by atoms with Crippen LogP contribution >= 0.6 is 11.3 Å². The number of aryl methyl sites for hydroxylation is 2. The van der Waals surface area contributed by atoms with Gasteiger partial charge in [0, 0.05) is 18.7 Å². The van der Waals surface area contributed by atoms with Crippen molar-refractivity contribution in [2.24, 2.45) is 4.99 Å². The fourth-order valence-corrected chi connectivity index (χ4v) is 3.89. The average Bonchev–Trinajstić information content (AvgIpc) is 3.22. The molecule has 0 radical (unpaired) electrons. The molecule has 0 saturated heterocycles. The number of carbonyl (C=O) groups excluding carboxylic acids is 1. The van der Waals surface area contributed by atoms with E-state index < -0.39 is 0 Å². The van der Waals surface area contributed by atoms with E-state index in [1.54, 1.807) is 0 Å². The lowest BCUT2D eigenvalue weighted by Gasteiger charge is -2.04. The highest BCUT2D eigenvalue weighted by molar-refractivity contribution is 7.16. The quantitative estimate of drug-likeness (QED) is 0.707. The van der Waals surface area contributed by atoms with Crippen LogP contribution in [0.25, 0.3) is 10.2 Å². The van der Waals surface area contributed by atoms with Gasteiger partial charge in [0.1, 0.15) is 5.75 Å². The van der Waals surface area contributed by atoms with Crippen molar-refractivity contribution in [2.75, 3.05) is 13.4 Å². The lowest BCUT2D eigenvalue weighted by atomic mass is 10.2. The number of thiazole rings is 1. The third kappa shape index (κ3) is 3.17. The molecule has 2 aromatic carbocycles. The van der Waals surface area contributed by atoms with Gasteiger partial charge in [-0.1, -0.05) is 29.0 Å². The summed E-state index contributed by atoms with van der Waals surface area (Å²) in [7, 11) is 0. The van der Waals surface area contributed by atoms with Gasteiger partial charge in [0.05, 0.1) is 10.2 Å². The molecular weight excluding hydrogens is 352 g/mol. The number of benzene rings is 2. The van der Waals surface area contributed by atoms with Crippen molar-refractivity contribution in [2.45, 2.75) is 20.4 Å². The molecule has 1 amide bonds. The summed E-state index contributed by atoms with van der Waals surface area (Å²) in [4.78, 5) is 17.1. The van der Waals surface area contributed by atoms with Crippen LogP contribution < -0.4 is 19.0 Å². The van der Waals surface area contributed by atoms with Crippen molar-refractivity contribution in [3.05, 3.63) is 46.8 Å². The number of fused-ring (bicyclic) bond motifs is 2. The number of amides is 1. The predicted molar refractivity (Wildman–Crippen MR) is 98.9 cm³/mol. The topological polar surface area (TPSA) is 62.1 Å². The Morgan fingerprint density at radius 3 is 2.69 bits per heavy atom. The Balaban J connectivity index is 1.60. The molecule has 0 bridgehead atoms. The van der Waals surface area contributed by atoms with Gasteiger partial charge in [0.25, 0.3) is 5.91 Å². The van der Waals surface area contributed by atoms with Gasteiger partial charge in [0.2, 0.25) is 6.79 Å². The summed E-state index contributed by atoms with van der Waals surface area (Å²) in [6, 6.07) is 11.4. The second-order valence-corrected chi connectivity index (χ2v) is 6.92. The predicted octanol–water partition coefficient (Wildman–Crippen LogP) is 3.27. The molecule has 0 N–H and O–H groups in total. The summed E-state index contributed by atoms with van der Waals surface area (Å²) in [6.07, 6.45) is 0. The molecule has 134 valence electrons. The minimum atomic E-state index is -0.320. The summed E-state index contributed by atoms with van der Waals surface area (Å²) in [5.41, 5.74) is 2.12. The van der Waals surface area contributed by atoms with Crippen LogP contribution in [0.1, 0.15) is 12.5 Å². The minimum absolute atomic E-state index is 0.0935. The SMILES string of the molecule is CCn1c(=NC(=O)COc2ccc(C)cc2)sc2cc3c(cc21)OCO3. The zero-order valence-electron chi connectivity index (χ0n) is 14.5. The van der Waals surface area contributed by atoms with Crippen LogP contribution in [0.3, 0.4) is 0 Å². The Labute approximate surface area is 154 Å². The maximum atomic E-state index is 12.3. The molecule has 1 aliphatic heterocycles.